The summed E-state index contributed by atoms with van der Waals surface area (Å²) >= 11 is 0. The van der Waals surface area contributed by atoms with Crippen LogP contribution >= 0.6 is 0 Å². The Bertz CT molecular complexity index is 282. The van der Waals surface area contributed by atoms with E-state index in [0.717, 1.165) is 0 Å². The van der Waals surface area contributed by atoms with E-state index in [1.165, 1.54) is 0 Å². The van der Waals surface area contributed by atoms with Crippen molar-refractivity contribution in [2.45, 2.75) is 26.3 Å². The molecule has 16 heavy (non-hydrogen) atoms. The molecule has 0 aromatic heterocycles. The van der Waals surface area contributed by atoms with Gasteiger partial charge in [-0.25, -0.2) is 9.59 Å². The summed E-state index contributed by atoms with van der Waals surface area (Å²) in [6.45, 7) is 4.24. The van der Waals surface area contributed by atoms with E-state index in [4.69, 9.17) is 5.11 Å². The number of imide groups is 1. The Morgan fingerprint density at radius 1 is 1.19 bits per heavy atom. The summed E-state index contributed by atoms with van der Waals surface area (Å²) in [6.07, 6.45) is 0. The minimum Gasteiger partial charge on any atom is -0.480 e. The highest BCUT2D eigenvalue weighted by Crippen LogP contribution is 1.97. The molecule has 0 rings (SSSR count). The third kappa shape index (κ3) is 8.95. The molecule has 0 saturated heterocycles. The second-order valence-electron chi connectivity index (χ2n) is 4.14. The molecule has 3 amide bonds. The van der Waals surface area contributed by atoms with Crippen LogP contribution in [0.4, 0.5) is 4.79 Å². The molecule has 0 atom stereocenters. The van der Waals surface area contributed by atoms with Crippen LogP contribution in [0.25, 0.3) is 0 Å². The van der Waals surface area contributed by atoms with Crippen molar-refractivity contribution >= 4 is 17.9 Å². The maximum absolute atomic E-state index is 11.2. The van der Waals surface area contributed by atoms with Gasteiger partial charge >= 0.3 is 12.0 Å². The van der Waals surface area contributed by atoms with Gasteiger partial charge in [-0.15, -0.1) is 0 Å². The number of hydrogen-bond acceptors (Lipinski definition) is 4. The normalized spacial score (nSPS) is 10.7. The molecule has 0 saturated carbocycles. The SMILES string of the molecule is CC(C)(C)NC(=O)NC(=O)COCC(=O)O. The number of carbonyl (C=O) groups excluding carboxylic acids is 2. The summed E-state index contributed by atoms with van der Waals surface area (Å²) in [7, 11) is 0. The van der Waals surface area contributed by atoms with Gasteiger partial charge in [-0.05, 0) is 20.8 Å². The van der Waals surface area contributed by atoms with Crippen LogP contribution in [0.1, 0.15) is 20.8 Å². The average Bonchev–Trinajstić information content (AvgIpc) is 1.98. The lowest BCUT2D eigenvalue weighted by molar-refractivity contribution is -0.143. The molecule has 0 aliphatic carbocycles. The molecule has 0 aliphatic heterocycles. The summed E-state index contributed by atoms with van der Waals surface area (Å²) < 4.78 is 4.50. The highest BCUT2D eigenvalue weighted by molar-refractivity contribution is 5.95. The van der Waals surface area contributed by atoms with Crippen LogP contribution < -0.4 is 10.6 Å². The van der Waals surface area contributed by atoms with Crippen molar-refractivity contribution < 1.29 is 24.2 Å². The molecule has 3 N–H and O–H groups in total. The molecule has 7 heteroatoms. The van der Waals surface area contributed by atoms with Crippen LogP contribution in [0.15, 0.2) is 0 Å². The first kappa shape index (κ1) is 14.4. The minimum absolute atomic E-state index is 0.452. The molecular weight excluding hydrogens is 216 g/mol. The average molecular weight is 232 g/mol. The zero-order valence-corrected chi connectivity index (χ0v) is 9.49. The Kier molecular flexibility index (Phi) is 5.44. The molecule has 0 aliphatic rings. The zero-order chi connectivity index (χ0) is 12.8. The lowest BCUT2D eigenvalue weighted by Crippen LogP contribution is -2.49. The van der Waals surface area contributed by atoms with Gasteiger partial charge in [0.1, 0.15) is 13.2 Å². The highest BCUT2D eigenvalue weighted by atomic mass is 16.5. The quantitative estimate of drug-likeness (QED) is 0.618. The summed E-state index contributed by atoms with van der Waals surface area (Å²) in [4.78, 5) is 32.2. The Balaban J connectivity index is 3.79. The predicted molar refractivity (Wildman–Crippen MR) is 54.9 cm³/mol. The summed E-state index contributed by atoms with van der Waals surface area (Å²) in [6, 6.07) is -0.642. The van der Waals surface area contributed by atoms with Crippen LogP contribution in [0.3, 0.4) is 0 Å². The van der Waals surface area contributed by atoms with Gasteiger partial charge in [-0.2, -0.15) is 0 Å². The third-order valence-electron chi connectivity index (χ3n) is 1.20. The van der Waals surface area contributed by atoms with Gasteiger partial charge in [0.2, 0.25) is 0 Å². The largest absolute Gasteiger partial charge is 0.480 e. The number of carboxylic acid groups (broad SMARTS) is 1. The number of amides is 3. The molecule has 0 aromatic carbocycles. The fraction of sp³-hybridized carbons (Fsp3) is 0.667. The number of ether oxygens (including phenoxy) is 1. The fourth-order valence-corrected chi connectivity index (χ4v) is 0.766. The van der Waals surface area contributed by atoms with Crippen LogP contribution in [-0.2, 0) is 14.3 Å². The first-order chi connectivity index (χ1) is 7.20. The molecule has 0 bridgehead atoms. The highest BCUT2D eigenvalue weighted by Gasteiger charge is 2.15. The van der Waals surface area contributed by atoms with Crippen molar-refractivity contribution in [2.24, 2.45) is 0 Å². The van der Waals surface area contributed by atoms with E-state index in [1.54, 1.807) is 20.8 Å². The molecule has 0 heterocycles. The maximum atomic E-state index is 11.2. The van der Waals surface area contributed by atoms with Gasteiger partial charge in [0.05, 0.1) is 0 Å². The van der Waals surface area contributed by atoms with E-state index in [1.807, 2.05) is 5.32 Å². The lowest BCUT2D eigenvalue weighted by Gasteiger charge is -2.20. The number of carboxylic acids is 1. The first-order valence-electron chi connectivity index (χ1n) is 4.62. The van der Waals surface area contributed by atoms with E-state index in [0.29, 0.717) is 0 Å². The van der Waals surface area contributed by atoms with Crippen molar-refractivity contribution in [1.29, 1.82) is 0 Å². The van der Waals surface area contributed by atoms with Crippen molar-refractivity contribution in [3.63, 3.8) is 0 Å². The Labute approximate surface area is 93.2 Å². The summed E-state index contributed by atoms with van der Waals surface area (Å²) in [5.74, 6) is -1.87. The Morgan fingerprint density at radius 3 is 2.19 bits per heavy atom. The molecule has 0 aromatic rings. The van der Waals surface area contributed by atoms with Crippen LogP contribution in [-0.4, -0.2) is 41.8 Å². The molecule has 0 spiro atoms. The number of rotatable bonds is 4. The van der Waals surface area contributed by atoms with Gasteiger partial charge in [-0.1, -0.05) is 0 Å². The number of carbonyl (C=O) groups is 3. The van der Waals surface area contributed by atoms with Gasteiger partial charge in [0.15, 0.2) is 0 Å². The number of urea groups is 1. The van der Waals surface area contributed by atoms with Gasteiger partial charge < -0.3 is 15.2 Å². The van der Waals surface area contributed by atoms with Crippen molar-refractivity contribution in [1.82, 2.24) is 10.6 Å². The predicted octanol–water partition coefficient (Wildman–Crippen LogP) is -0.288. The van der Waals surface area contributed by atoms with Gasteiger partial charge in [-0.3, -0.25) is 10.1 Å². The summed E-state index contributed by atoms with van der Waals surface area (Å²) in [5.41, 5.74) is -0.452. The standard InChI is InChI=1S/C9H16N2O5/c1-9(2,3)11-8(15)10-6(12)4-16-5-7(13)14/h4-5H2,1-3H3,(H,13,14)(H2,10,11,12,15). The van der Waals surface area contributed by atoms with E-state index in [9.17, 15) is 14.4 Å². The van der Waals surface area contributed by atoms with Crippen LogP contribution in [0, 0.1) is 0 Å². The second-order valence-corrected chi connectivity index (χ2v) is 4.14. The van der Waals surface area contributed by atoms with Crippen molar-refractivity contribution in [3.8, 4) is 0 Å². The molecule has 7 nitrogen and oxygen atoms in total. The molecular formula is C9H16N2O5. The number of nitrogens with one attached hydrogen (secondary N) is 2. The van der Waals surface area contributed by atoms with Crippen LogP contribution in [0.2, 0.25) is 0 Å². The van der Waals surface area contributed by atoms with E-state index < -0.39 is 36.7 Å². The zero-order valence-electron chi connectivity index (χ0n) is 9.49. The molecule has 0 unspecified atom stereocenters. The summed E-state index contributed by atoms with van der Waals surface area (Å²) in [5, 5.41) is 12.7. The smallest absolute Gasteiger partial charge is 0.329 e. The van der Waals surface area contributed by atoms with Gasteiger partial charge in [0, 0.05) is 5.54 Å². The number of hydrogen-bond donors (Lipinski definition) is 3. The molecule has 92 valence electrons. The Morgan fingerprint density at radius 2 is 1.75 bits per heavy atom. The maximum Gasteiger partial charge on any atom is 0.329 e. The van der Waals surface area contributed by atoms with E-state index in [-0.39, 0.29) is 0 Å². The number of aliphatic carboxylic acids is 1. The fourth-order valence-electron chi connectivity index (χ4n) is 0.766. The van der Waals surface area contributed by atoms with Crippen molar-refractivity contribution in [3.05, 3.63) is 0 Å². The second kappa shape index (κ2) is 6.06. The van der Waals surface area contributed by atoms with Crippen molar-refractivity contribution in [2.75, 3.05) is 13.2 Å². The Hall–Kier alpha value is -1.63. The third-order valence-corrected chi connectivity index (χ3v) is 1.20. The van der Waals surface area contributed by atoms with Crippen LogP contribution in [0.5, 0.6) is 0 Å². The van der Waals surface area contributed by atoms with Gasteiger partial charge in [0.25, 0.3) is 5.91 Å². The van der Waals surface area contributed by atoms with E-state index in [2.05, 4.69) is 10.1 Å². The first-order valence-corrected chi connectivity index (χ1v) is 4.62. The molecule has 0 fully saturated rings. The topological polar surface area (TPSA) is 105 Å². The molecule has 0 radical (unpaired) electrons. The lowest BCUT2D eigenvalue weighted by atomic mass is 10.1. The minimum atomic E-state index is -1.17. The van der Waals surface area contributed by atoms with E-state index >= 15 is 0 Å². The monoisotopic (exact) mass is 232 g/mol.